The molecule has 5 nitrogen and oxygen atoms in total. The summed E-state index contributed by atoms with van der Waals surface area (Å²) in [5.41, 5.74) is 0.920. The Morgan fingerprint density at radius 1 is 1.43 bits per heavy atom. The van der Waals surface area contributed by atoms with Crippen LogP contribution in [0.2, 0.25) is 0 Å². The third-order valence-corrected chi connectivity index (χ3v) is 4.61. The van der Waals surface area contributed by atoms with Crippen molar-refractivity contribution in [3.63, 3.8) is 0 Å². The lowest BCUT2D eigenvalue weighted by Gasteiger charge is -2.24. The molecule has 1 amide bonds. The van der Waals surface area contributed by atoms with Crippen LogP contribution in [0.15, 0.2) is 35.7 Å². The Hall–Kier alpha value is -2.05. The van der Waals surface area contributed by atoms with E-state index in [4.69, 9.17) is 4.74 Å². The molecule has 0 spiro atoms. The van der Waals surface area contributed by atoms with Gasteiger partial charge < -0.3 is 15.2 Å². The van der Waals surface area contributed by atoms with Crippen molar-refractivity contribution in [2.75, 3.05) is 14.2 Å². The molecule has 1 atom stereocenters. The second-order valence-corrected chi connectivity index (χ2v) is 6.43. The first-order chi connectivity index (χ1) is 11.0. The lowest BCUT2D eigenvalue weighted by molar-refractivity contribution is -0.125. The summed E-state index contributed by atoms with van der Waals surface area (Å²) in [6.07, 6.45) is 0. The second-order valence-electron chi connectivity index (χ2n) is 5.39. The van der Waals surface area contributed by atoms with Crippen LogP contribution in [0.25, 0.3) is 0 Å². The van der Waals surface area contributed by atoms with Crippen molar-refractivity contribution in [1.29, 1.82) is 0 Å². The number of thiophene rings is 1. The summed E-state index contributed by atoms with van der Waals surface area (Å²) >= 11 is 1.62. The molecule has 1 aromatic carbocycles. The largest absolute Gasteiger partial charge is 0.504 e. The molecule has 23 heavy (non-hydrogen) atoms. The third-order valence-electron chi connectivity index (χ3n) is 3.73. The van der Waals surface area contributed by atoms with E-state index in [9.17, 15) is 9.90 Å². The van der Waals surface area contributed by atoms with Gasteiger partial charge in [-0.2, -0.15) is 0 Å². The van der Waals surface area contributed by atoms with Gasteiger partial charge in [0.25, 0.3) is 0 Å². The van der Waals surface area contributed by atoms with Crippen LogP contribution in [-0.2, 0) is 17.9 Å². The molecular weight excluding hydrogens is 312 g/mol. The van der Waals surface area contributed by atoms with E-state index in [0.717, 1.165) is 10.4 Å². The molecule has 0 aliphatic carbocycles. The first-order valence-corrected chi connectivity index (χ1v) is 8.25. The molecular formula is C17H22N2O3S. The van der Waals surface area contributed by atoms with Gasteiger partial charge in [-0.1, -0.05) is 12.1 Å². The molecule has 0 saturated carbocycles. The summed E-state index contributed by atoms with van der Waals surface area (Å²) in [6, 6.07) is 8.97. The lowest BCUT2D eigenvalue weighted by Crippen LogP contribution is -2.42. The van der Waals surface area contributed by atoms with E-state index in [1.165, 1.54) is 7.11 Å². The Balaban J connectivity index is 1.89. The molecule has 1 aromatic heterocycles. The van der Waals surface area contributed by atoms with Gasteiger partial charge in [0.15, 0.2) is 11.5 Å². The zero-order chi connectivity index (χ0) is 16.8. The molecule has 124 valence electrons. The highest BCUT2D eigenvalue weighted by Crippen LogP contribution is 2.26. The first-order valence-electron chi connectivity index (χ1n) is 7.37. The van der Waals surface area contributed by atoms with Crippen molar-refractivity contribution in [3.05, 3.63) is 46.2 Å². The number of nitrogens with one attached hydrogen (secondary N) is 1. The molecule has 0 radical (unpaired) electrons. The highest BCUT2D eigenvalue weighted by molar-refractivity contribution is 7.09. The van der Waals surface area contributed by atoms with Gasteiger partial charge in [0.2, 0.25) is 5.91 Å². The Morgan fingerprint density at radius 3 is 2.83 bits per heavy atom. The average molecular weight is 334 g/mol. The molecule has 2 rings (SSSR count). The highest BCUT2D eigenvalue weighted by Gasteiger charge is 2.18. The normalized spacial score (nSPS) is 12.2. The summed E-state index contributed by atoms with van der Waals surface area (Å²) in [5.74, 6) is 0.532. The SMILES string of the molecule is COc1ccc(CN(C)[C@H](C)C(=O)NCc2cccs2)cc1O. The molecule has 6 heteroatoms. The van der Waals surface area contributed by atoms with Gasteiger partial charge in [0.1, 0.15) is 0 Å². The van der Waals surface area contributed by atoms with Crippen LogP contribution in [0.4, 0.5) is 0 Å². The van der Waals surface area contributed by atoms with Gasteiger partial charge in [-0.3, -0.25) is 9.69 Å². The monoisotopic (exact) mass is 334 g/mol. The number of hydrogen-bond donors (Lipinski definition) is 2. The summed E-state index contributed by atoms with van der Waals surface area (Å²) in [6.45, 7) is 2.98. The molecule has 0 saturated heterocycles. The van der Waals surface area contributed by atoms with Crippen molar-refractivity contribution < 1.29 is 14.6 Å². The number of nitrogens with zero attached hydrogens (tertiary/aromatic N) is 1. The van der Waals surface area contributed by atoms with Crippen LogP contribution in [0.3, 0.4) is 0 Å². The molecule has 2 N–H and O–H groups in total. The number of aromatic hydroxyl groups is 1. The van der Waals surface area contributed by atoms with E-state index in [2.05, 4.69) is 5.32 Å². The number of amides is 1. The molecule has 0 aliphatic rings. The smallest absolute Gasteiger partial charge is 0.237 e. The van der Waals surface area contributed by atoms with Crippen LogP contribution in [0, 0.1) is 0 Å². The van der Waals surface area contributed by atoms with Crippen LogP contribution < -0.4 is 10.1 Å². The molecule has 0 aliphatic heterocycles. The predicted molar refractivity (Wildman–Crippen MR) is 91.8 cm³/mol. The number of carbonyl (C=O) groups excluding carboxylic acids is 1. The molecule has 0 unspecified atom stereocenters. The standard InChI is InChI=1S/C17H22N2O3S/c1-12(17(21)18-10-14-5-4-8-23-14)19(2)11-13-6-7-16(22-3)15(20)9-13/h4-9,12,20H,10-11H2,1-3H3,(H,18,21)/t12-/m1/s1. The Labute approximate surface area is 140 Å². The molecule has 0 fully saturated rings. The number of phenols is 1. The molecule has 1 heterocycles. The fraction of sp³-hybridized carbons (Fsp3) is 0.353. The molecule has 2 aromatic rings. The van der Waals surface area contributed by atoms with E-state index in [1.807, 2.05) is 42.5 Å². The van der Waals surface area contributed by atoms with Gasteiger partial charge in [0, 0.05) is 11.4 Å². The topological polar surface area (TPSA) is 61.8 Å². The maximum absolute atomic E-state index is 12.2. The maximum Gasteiger partial charge on any atom is 0.237 e. The van der Waals surface area contributed by atoms with Crippen LogP contribution in [0.5, 0.6) is 11.5 Å². The van der Waals surface area contributed by atoms with Gasteiger partial charge in [-0.05, 0) is 43.1 Å². The molecule has 0 bridgehead atoms. The maximum atomic E-state index is 12.2. The van der Waals surface area contributed by atoms with Gasteiger partial charge >= 0.3 is 0 Å². The van der Waals surface area contributed by atoms with Gasteiger partial charge in [-0.25, -0.2) is 0 Å². The number of methoxy groups -OCH3 is 1. The zero-order valence-electron chi connectivity index (χ0n) is 13.6. The highest BCUT2D eigenvalue weighted by atomic mass is 32.1. The van der Waals surface area contributed by atoms with Crippen molar-refractivity contribution in [2.45, 2.75) is 26.1 Å². The zero-order valence-corrected chi connectivity index (χ0v) is 14.4. The summed E-state index contributed by atoms with van der Waals surface area (Å²) in [5, 5.41) is 14.8. The number of likely N-dealkylation sites (N-methyl/N-ethyl adjacent to an activating group) is 1. The first kappa shape index (κ1) is 17.3. The van der Waals surface area contributed by atoms with Crippen molar-refractivity contribution in [3.8, 4) is 11.5 Å². The van der Waals surface area contributed by atoms with Gasteiger partial charge in [-0.15, -0.1) is 11.3 Å². The third kappa shape index (κ3) is 4.71. The number of ether oxygens (including phenoxy) is 1. The number of benzene rings is 1. The lowest BCUT2D eigenvalue weighted by atomic mass is 10.1. The summed E-state index contributed by atoms with van der Waals surface area (Å²) in [7, 11) is 3.40. The number of phenolic OH excluding ortho intramolecular Hbond substituents is 1. The summed E-state index contributed by atoms with van der Waals surface area (Å²) in [4.78, 5) is 15.3. The minimum Gasteiger partial charge on any atom is -0.504 e. The average Bonchev–Trinajstić information content (AvgIpc) is 3.05. The Morgan fingerprint density at radius 2 is 2.22 bits per heavy atom. The Kier molecular flexibility index (Phi) is 6.01. The van der Waals surface area contributed by atoms with Crippen LogP contribution in [0.1, 0.15) is 17.4 Å². The van der Waals surface area contributed by atoms with Gasteiger partial charge in [0.05, 0.1) is 19.7 Å². The minimum absolute atomic E-state index is 0.0152. The number of hydrogen-bond acceptors (Lipinski definition) is 5. The van der Waals surface area contributed by atoms with Crippen molar-refractivity contribution >= 4 is 17.2 Å². The fourth-order valence-corrected chi connectivity index (χ4v) is 2.84. The predicted octanol–water partition coefficient (Wildman–Crippen LogP) is 2.60. The number of carbonyl (C=O) groups is 1. The number of rotatable bonds is 7. The second kappa shape index (κ2) is 7.99. The van der Waals surface area contributed by atoms with Crippen molar-refractivity contribution in [2.24, 2.45) is 0 Å². The van der Waals surface area contributed by atoms with E-state index in [0.29, 0.717) is 18.8 Å². The van der Waals surface area contributed by atoms with Crippen LogP contribution >= 0.6 is 11.3 Å². The van der Waals surface area contributed by atoms with E-state index >= 15 is 0 Å². The van der Waals surface area contributed by atoms with Crippen molar-refractivity contribution in [1.82, 2.24) is 10.2 Å². The van der Waals surface area contributed by atoms with E-state index in [-0.39, 0.29) is 17.7 Å². The quantitative estimate of drug-likeness (QED) is 0.817. The minimum atomic E-state index is -0.265. The summed E-state index contributed by atoms with van der Waals surface area (Å²) < 4.78 is 5.03. The fourth-order valence-electron chi connectivity index (χ4n) is 2.19. The Bertz CT molecular complexity index is 643. The van der Waals surface area contributed by atoms with E-state index < -0.39 is 0 Å². The van der Waals surface area contributed by atoms with E-state index in [1.54, 1.807) is 23.5 Å². The van der Waals surface area contributed by atoms with Crippen LogP contribution in [-0.4, -0.2) is 36.1 Å².